The van der Waals surface area contributed by atoms with Gasteiger partial charge in [0, 0.05) is 0 Å². The first-order valence-electron chi connectivity index (χ1n) is 7.03. The average molecular weight is 294 g/mol. The van der Waals surface area contributed by atoms with Gasteiger partial charge in [-0.2, -0.15) is 0 Å². The molecule has 1 aromatic carbocycles. The maximum atomic E-state index is 12.0. The third-order valence-electron chi connectivity index (χ3n) is 3.03. The SMILES string of the molecule is CCCCN[C@@H](Cc1ccc(O)cc1)C(=O)NCC(=O)O. The van der Waals surface area contributed by atoms with Gasteiger partial charge in [-0.05, 0) is 37.1 Å². The molecule has 116 valence electrons. The van der Waals surface area contributed by atoms with Crippen LogP contribution in [0.3, 0.4) is 0 Å². The van der Waals surface area contributed by atoms with Crippen LogP contribution in [0.15, 0.2) is 24.3 Å². The number of unbranched alkanes of at least 4 members (excludes halogenated alkanes) is 1. The largest absolute Gasteiger partial charge is 0.508 e. The molecule has 0 bridgehead atoms. The molecule has 0 aliphatic carbocycles. The van der Waals surface area contributed by atoms with Crippen molar-refractivity contribution in [2.75, 3.05) is 13.1 Å². The molecule has 0 heterocycles. The molecule has 0 radical (unpaired) electrons. The molecule has 0 saturated heterocycles. The number of phenols is 1. The summed E-state index contributed by atoms with van der Waals surface area (Å²) >= 11 is 0. The summed E-state index contributed by atoms with van der Waals surface area (Å²) in [6, 6.07) is 6.13. The first kappa shape index (κ1) is 17.0. The maximum Gasteiger partial charge on any atom is 0.322 e. The van der Waals surface area contributed by atoms with Crippen LogP contribution in [0.5, 0.6) is 5.75 Å². The van der Waals surface area contributed by atoms with E-state index in [1.165, 1.54) is 0 Å². The standard InChI is InChI=1S/C15H22N2O4/c1-2-3-8-16-13(15(21)17-10-14(19)20)9-11-4-6-12(18)7-5-11/h4-7,13,16,18H,2-3,8-10H2,1H3,(H,17,21)(H,19,20)/t13-/m0/s1. The number of aliphatic carboxylic acids is 1. The van der Waals surface area contributed by atoms with Crippen LogP contribution in [0.25, 0.3) is 0 Å². The third kappa shape index (κ3) is 6.76. The number of carboxylic acids is 1. The molecule has 1 atom stereocenters. The number of phenolic OH excluding ortho intramolecular Hbond substituents is 1. The quantitative estimate of drug-likeness (QED) is 0.507. The lowest BCUT2D eigenvalue weighted by atomic mass is 10.0. The molecule has 0 fully saturated rings. The van der Waals surface area contributed by atoms with E-state index in [0.717, 1.165) is 18.4 Å². The summed E-state index contributed by atoms with van der Waals surface area (Å²) in [5.41, 5.74) is 0.896. The minimum atomic E-state index is -1.07. The lowest BCUT2D eigenvalue weighted by Gasteiger charge is -2.18. The van der Waals surface area contributed by atoms with E-state index < -0.39 is 12.0 Å². The Kier molecular flexibility index (Phi) is 7.25. The van der Waals surface area contributed by atoms with Crippen molar-refractivity contribution in [1.82, 2.24) is 10.6 Å². The highest BCUT2D eigenvalue weighted by atomic mass is 16.4. The highest BCUT2D eigenvalue weighted by Gasteiger charge is 2.18. The summed E-state index contributed by atoms with van der Waals surface area (Å²) in [5, 5.41) is 23.4. The molecule has 1 aromatic rings. The molecule has 6 nitrogen and oxygen atoms in total. The van der Waals surface area contributed by atoms with Gasteiger partial charge in [0.25, 0.3) is 0 Å². The smallest absolute Gasteiger partial charge is 0.322 e. The van der Waals surface area contributed by atoms with Crippen LogP contribution in [-0.2, 0) is 16.0 Å². The second-order valence-corrected chi connectivity index (χ2v) is 4.84. The van der Waals surface area contributed by atoms with Crippen molar-refractivity contribution in [2.24, 2.45) is 0 Å². The van der Waals surface area contributed by atoms with Gasteiger partial charge in [-0.1, -0.05) is 25.5 Å². The summed E-state index contributed by atoms with van der Waals surface area (Å²) in [6.45, 7) is 2.36. The van der Waals surface area contributed by atoms with Crippen molar-refractivity contribution in [3.8, 4) is 5.75 Å². The number of rotatable bonds is 9. The molecule has 4 N–H and O–H groups in total. The second-order valence-electron chi connectivity index (χ2n) is 4.84. The minimum absolute atomic E-state index is 0.171. The number of carbonyl (C=O) groups is 2. The van der Waals surface area contributed by atoms with Gasteiger partial charge in [0.2, 0.25) is 5.91 Å². The Morgan fingerprint density at radius 1 is 1.24 bits per heavy atom. The van der Waals surface area contributed by atoms with Crippen molar-refractivity contribution in [2.45, 2.75) is 32.2 Å². The van der Waals surface area contributed by atoms with Crippen molar-refractivity contribution in [3.05, 3.63) is 29.8 Å². The highest BCUT2D eigenvalue weighted by Crippen LogP contribution is 2.11. The van der Waals surface area contributed by atoms with E-state index in [-0.39, 0.29) is 18.2 Å². The Bertz CT molecular complexity index is 459. The van der Waals surface area contributed by atoms with Gasteiger partial charge in [0.15, 0.2) is 0 Å². The van der Waals surface area contributed by atoms with Crippen LogP contribution in [0.4, 0.5) is 0 Å². The number of hydrogen-bond donors (Lipinski definition) is 4. The Balaban J connectivity index is 2.64. The molecule has 0 aliphatic heterocycles. The zero-order chi connectivity index (χ0) is 15.7. The number of hydrogen-bond acceptors (Lipinski definition) is 4. The predicted octanol–water partition coefficient (Wildman–Crippen LogP) is 0.894. The van der Waals surface area contributed by atoms with E-state index in [2.05, 4.69) is 17.6 Å². The Morgan fingerprint density at radius 2 is 1.90 bits per heavy atom. The van der Waals surface area contributed by atoms with E-state index in [0.29, 0.717) is 13.0 Å². The summed E-state index contributed by atoms with van der Waals surface area (Å²) < 4.78 is 0. The van der Waals surface area contributed by atoms with Crippen LogP contribution < -0.4 is 10.6 Å². The summed E-state index contributed by atoms with van der Waals surface area (Å²) in [5.74, 6) is -1.23. The molecule has 1 amide bonds. The van der Waals surface area contributed by atoms with E-state index in [9.17, 15) is 14.7 Å². The minimum Gasteiger partial charge on any atom is -0.508 e. The second kappa shape index (κ2) is 8.97. The number of carboxylic acid groups (broad SMARTS) is 1. The average Bonchev–Trinajstić information content (AvgIpc) is 2.46. The van der Waals surface area contributed by atoms with E-state index in [4.69, 9.17) is 5.11 Å². The normalized spacial score (nSPS) is 11.9. The fourth-order valence-electron chi connectivity index (χ4n) is 1.86. The number of aromatic hydroxyl groups is 1. The number of benzene rings is 1. The Hall–Kier alpha value is -2.08. The highest BCUT2D eigenvalue weighted by molar-refractivity contribution is 5.85. The summed E-state index contributed by atoms with van der Waals surface area (Å²) in [7, 11) is 0. The number of carbonyl (C=O) groups excluding carboxylic acids is 1. The van der Waals surface area contributed by atoms with Crippen LogP contribution in [0.2, 0.25) is 0 Å². The fraction of sp³-hybridized carbons (Fsp3) is 0.467. The molecule has 21 heavy (non-hydrogen) atoms. The van der Waals surface area contributed by atoms with Gasteiger partial charge >= 0.3 is 5.97 Å². The molecule has 0 aromatic heterocycles. The first-order valence-corrected chi connectivity index (χ1v) is 7.03. The van der Waals surface area contributed by atoms with Gasteiger partial charge in [-0.3, -0.25) is 9.59 Å². The molecule has 1 rings (SSSR count). The van der Waals surface area contributed by atoms with E-state index >= 15 is 0 Å². The van der Waals surface area contributed by atoms with Crippen molar-refractivity contribution in [3.63, 3.8) is 0 Å². The van der Waals surface area contributed by atoms with Crippen LogP contribution >= 0.6 is 0 Å². The number of amides is 1. The van der Waals surface area contributed by atoms with Crippen LogP contribution in [-0.4, -0.2) is 41.2 Å². The monoisotopic (exact) mass is 294 g/mol. The molecule has 0 aliphatic rings. The summed E-state index contributed by atoms with van der Waals surface area (Å²) in [6.07, 6.45) is 2.39. The Labute approximate surface area is 124 Å². The molecular weight excluding hydrogens is 272 g/mol. The fourth-order valence-corrected chi connectivity index (χ4v) is 1.86. The predicted molar refractivity (Wildman–Crippen MR) is 79.2 cm³/mol. The van der Waals surface area contributed by atoms with Gasteiger partial charge in [0.1, 0.15) is 12.3 Å². The van der Waals surface area contributed by atoms with E-state index in [1.807, 2.05) is 0 Å². The maximum absolute atomic E-state index is 12.0. The lowest BCUT2D eigenvalue weighted by molar-refractivity contribution is -0.138. The Morgan fingerprint density at radius 3 is 2.48 bits per heavy atom. The first-order chi connectivity index (χ1) is 10.0. The van der Waals surface area contributed by atoms with Gasteiger partial charge < -0.3 is 20.8 Å². The molecule has 6 heteroatoms. The zero-order valence-corrected chi connectivity index (χ0v) is 12.1. The molecular formula is C15H22N2O4. The van der Waals surface area contributed by atoms with Crippen molar-refractivity contribution < 1.29 is 19.8 Å². The topological polar surface area (TPSA) is 98.7 Å². The third-order valence-corrected chi connectivity index (χ3v) is 3.03. The van der Waals surface area contributed by atoms with Gasteiger partial charge in [-0.15, -0.1) is 0 Å². The van der Waals surface area contributed by atoms with E-state index in [1.54, 1.807) is 24.3 Å². The van der Waals surface area contributed by atoms with Crippen LogP contribution in [0, 0.1) is 0 Å². The van der Waals surface area contributed by atoms with Crippen LogP contribution in [0.1, 0.15) is 25.3 Å². The molecule has 0 spiro atoms. The number of nitrogens with one attached hydrogen (secondary N) is 2. The molecule has 0 saturated carbocycles. The van der Waals surface area contributed by atoms with Gasteiger partial charge in [-0.25, -0.2) is 0 Å². The molecule has 0 unspecified atom stereocenters. The summed E-state index contributed by atoms with van der Waals surface area (Å²) in [4.78, 5) is 22.5. The van der Waals surface area contributed by atoms with Gasteiger partial charge in [0.05, 0.1) is 6.04 Å². The van der Waals surface area contributed by atoms with Crippen molar-refractivity contribution in [1.29, 1.82) is 0 Å². The zero-order valence-electron chi connectivity index (χ0n) is 12.1. The van der Waals surface area contributed by atoms with Crippen molar-refractivity contribution >= 4 is 11.9 Å². The lowest BCUT2D eigenvalue weighted by Crippen LogP contribution is -2.47.